The molecule has 28 heteroatoms. The molecule has 0 saturated carbocycles. The molecule has 0 aliphatic carbocycles. The van der Waals surface area contributed by atoms with Gasteiger partial charge in [0.15, 0.2) is 12.1 Å². The maximum Gasteiger partial charge on any atom is 0.398 e. The lowest BCUT2D eigenvalue weighted by atomic mass is 9.91. The van der Waals surface area contributed by atoms with Crippen LogP contribution in [0.4, 0.5) is 0 Å². The van der Waals surface area contributed by atoms with Gasteiger partial charge in [-0.05, 0) is 50.0 Å². The second kappa shape index (κ2) is 25.9. The molecule has 0 radical (unpaired) electrons. The molecule has 10 N–H and O–H groups in total. The van der Waals surface area contributed by atoms with Gasteiger partial charge in [0.05, 0.1) is 0 Å². The third kappa shape index (κ3) is 17.1. The van der Waals surface area contributed by atoms with Crippen molar-refractivity contribution in [3.05, 3.63) is 35.9 Å². The summed E-state index contributed by atoms with van der Waals surface area (Å²) >= 11 is 0. The van der Waals surface area contributed by atoms with Gasteiger partial charge in [0.1, 0.15) is 55.2 Å². The van der Waals surface area contributed by atoms with E-state index >= 15 is 4.79 Å². The zero-order valence-corrected chi connectivity index (χ0v) is 41.1. The average molecular weight is 1020 g/mol. The van der Waals surface area contributed by atoms with E-state index in [1.807, 2.05) is 0 Å². The lowest BCUT2D eigenvalue weighted by Gasteiger charge is -2.46. The molecule has 2 saturated heterocycles. The third-order valence-electron chi connectivity index (χ3n) is 11.9. The highest BCUT2D eigenvalue weighted by molar-refractivity contribution is 7.81. The Morgan fingerprint density at radius 2 is 1.55 bits per heavy atom. The van der Waals surface area contributed by atoms with Gasteiger partial charge in [0, 0.05) is 27.1 Å². The highest BCUT2D eigenvalue weighted by Gasteiger charge is 2.48. The number of aliphatic imine (C=N–C) groups is 1. The summed E-state index contributed by atoms with van der Waals surface area (Å²) in [5.41, 5.74) is 11.6. The van der Waals surface area contributed by atoms with Crippen LogP contribution in [-0.4, -0.2) is 165 Å². The number of nitrogens with zero attached hydrogens (tertiary/aromatic N) is 3. The summed E-state index contributed by atoms with van der Waals surface area (Å²) in [4.78, 5) is 107. The van der Waals surface area contributed by atoms with E-state index < -0.39 is 135 Å². The topological polar surface area (TPSA) is 384 Å². The summed E-state index contributed by atoms with van der Waals surface area (Å²) < 4.78 is 84.5. The first-order valence-electron chi connectivity index (χ1n) is 22.1. The summed E-state index contributed by atoms with van der Waals surface area (Å²) in [6.07, 6.45) is -4.97. The van der Waals surface area contributed by atoms with Crippen LogP contribution in [0.3, 0.4) is 0 Å². The molecule has 6 amide bonds. The second-order valence-electron chi connectivity index (χ2n) is 16.8. The fourth-order valence-corrected chi connectivity index (χ4v) is 8.41. The number of nitrogens with two attached hydrogens (primary N) is 2. The SMILES string of the molecule is CC[C@H](C)[C@@H]1NC(=O)[C@H](Cc2ccccc2)N(C)C(=O)[C@H]([C@@H](C)CC)N2C(=O)[C@H](CC[C@H]2OC)NC(=O)[C@H](CCCN=C(N)N)NC(=O)[C@@H](NC(=O)[C@@H](COS(=O)(=O)O)OS(=O)(=O)O)[C@@H](C)OC1=O. The smallest absolute Gasteiger partial charge is 0.398 e. The van der Waals surface area contributed by atoms with Crippen LogP contribution in [0.2, 0.25) is 0 Å². The number of carbonyl (C=O) groups excluding carboxylic acids is 7. The molecule has 388 valence electrons. The molecule has 0 aromatic heterocycles. The number of amides is 6. The number of nitrogens with one attached hydrogen (secondary N) is 4. The van der Waals surface area contributed by atoms with Crippen LogP contribution in [0.25, 0.3) is 0 Å². The first-order valence-corrected chi connectivity index (χ1v) is 24.9. The van der Waals surface area contributed by atoms with E-state index in [-0.39, 0.29) is 51.0 Å². The van der Waals surface area contributed by atoms with Crippen molar-refractivity contribution < 1.29 is 77.3 Å². The number of hydrogen-bond acceptors (Lipinski definition) is 16. The molecule has 2 aliphatic heterocycles. The van der Waals surface area contributed by atoms with E-state index in [0.29, 0.717) is 12.0 Å². The molecule has 69 heavy (non-hydrogen) atoms. The van der Waals surface area contributed by atoms with Crippen LogP contribution >= 0.6 is 0 Å². The Labute approximate surface area is 401 Å². The van der Waals surface area contributed by atoms with Crippen molar-refractivity contribution in [3.8, 4) is 0 Å². The molecular formula is C41H65N9O17S2. The van der Waals surface area contributed by atoms with Crippen molar-refractivity contribution in [1.29, 1.82) is 0 Å². The Morgan fingerprint density at radius 1 is 0.913 bits per heavy atom. The molecule has 3 rings (SSSR count). The predicted octanol–water partition coefficient (Wildman–Crippen LogP) is -1.94. The Kier molecular flexibility index (Phi) is 21.7. The zero-order chi connectivity index (χ0) is 52.0. The monoisotopic (exact) mass is 1020 g/mol. The van der Waals surface area contributed by atoms with Gasteiger partial charge in [-0.2, -0.15) is 16.8 Å². The fourth-order valence-electron chi connectivity index (χ4n) is 7.67. The van der Waals surface area contributed by atoms with Gasteiger partial charge in [0.25, 0.3) is 5.91 Å². The Balaban J connectivity index is 2.31. The number of benzene rings is 1. The number of methoxy groups -OCH3 is 1. The number of esters is 1. The van der Waals surface area contributed by atoms with Gasteiger partial charge in [-0.1, -0.05) is 70.9 Å². The summed E-state index contributed by atoms with van der Waals surface area (Å²) in [6.45, 7) is 6.29. The fraction of sp³-hybridized carbons (Fsp3) is 0.659. The van der Waals surface area contributed by atoms with E-state index in [9.17, 15) is 50.2 Å². The molecule has 0 unspecified atom stereocenters. The lowest BCUT2D eigenvalue weighted by molar-refractivity contribution is -0.171. The number of fused-ring (bicyclic) bond motifs is 2. The van der Waals surface area contributed by atoms with E-state index in [1.165, 1.54) is 24.0 Å². The molecule has 2 aliphatic rings. The average Bonchev–Trinajstić information content (AvgIpc) is 3.28. The summed E-state index contributed by atoms with van der Waals surface area (Å²) in [5.74, 6) is -8.86. The lowest BCUT2D eigenvalue weighted by Crippen LogP contribution is -2.66. The molecule has 11 atom stereocenters. The molecular weight excluding hydrogens is 955 g/mol. The van der Waals surface area contributed by atoms with Gasteiger partial charge in [-0.3, -0.25) is 42.9 Å². The van der Waals surface area contributed by atoms with Crippen LogP contribution in [0.5, 0.6) is 0 Å². The molecule has 1 aromatic carbocycles. The number of carbonyl (C=O) groups is 7. The minimum Gasteiger partial charge on any atom is -0.458 e. The van der Waals surface area contributed by atoms with Crippen LogP contribution in [-0.2, 0) is 78.6 Å². The first-order chi connectivity index (χ1) is 32.2. The van der Waals surface area contributed by atoms with Gasteiger partial charge in [0.2, 0.25) is 29.5 Å². The molecule has 2 heterocycles. The Bertz CT molecular complexity index is 2230. The number of ether oxygens (including phenoxy) is 2. The van der Waals surface area contributed by atoms with Crippen LogP contribution in [0.1, 0.15) is 78.7 Å². The van der Waals surface area contributed by atoms with Crippen molar-refractivity contribution in [2.45, 2.75) is 134 Å². The Hall–Kier alpha value is -5.52. The maximum absolute atomic E-state index is 15.0. The number of guanidine groups is 1. The van der Waals surface area contributed by atoms with Crippen molar-refractivity contribution >= 4 is 68.2 Å². The van der Waals surface area contributed by atoms with Gasteiger partial charge >= 0.3 is 26.8 Å². The number of piperidine rings is 1. The van der Waals surface area contributed by atoms with Gasteiger partial charge < -0.3 is 52.0 Å². The molecule has 2 fully saturated rings. The molecule has 2 bridgehead atoms. The van der Waals surface area contributed by atoms with E-state index in [4.69, 9.17) is 25.5 Å². The third-order valence-corrected chi connectivity index (χ3v) is 12.8. The summed E-state index contributed by atoms with van der Waals surface area (Å²) in [5, 5.41) is 9.82. The highest BCUT2D eigenvalue weighted by Crippen LogP contribution is 2.29. The zero-order valence-electron chi connectivity index (χ0n) is 39.4. The van der Waals surface area contributed by atoms with Gasteiger partial charge in [-0.25, -0.2) is 13.2 Å². The molecule has 26 nitrogen and oxygen atoms in total. The standard InChI is InChI=1S/C41H65N9O17S2/c1-8-22(3)31-40(57)66-24(5)32(48-36(53)29(67-69(61,62)63)21-65-68(58,59)60)37(54)45-26(16-13-19-44-41(42)43)34(51)46-27-17-18-30(64-7)50(38(27)55)33(23(4)9-2)39(56)49(6)28(35(52)47-31)20-25-14-11-10-12-15-25/h10-12,14-15,22-24,26-33H,8-9,13,16-21H2,1-7H3,(H,45,54)(H,46,51)(H,47,52)(H,48,53)(H4,42,43,44)(H,58,59,60)(H,61,62,63)/t22-,23-,24+,26-,27-,28-,29+,30+,31-,32-,33-/m0/s1. The summed E-state index contributed by atoms with van der Waals surface area (Å²) in [7, 11) is -8.20. The van der Waals surface area contributed by atoms with Crippen LogP contribution in [0.15, 0.2) is 35.3 Å². The highest BCUT2D eigenvalue weighted by atomic mass is 32.3. The predicted molar refractivity (Wildman–Crippen MR) is 243 cm³/mol. The quantitative estimate of drug-likeness (QED) is 0.0261. The normalized spacial score (nSPS) is 26.2. The van der Waals surface area contributed by atoms with E-state index in [0.717, 1.165) is 6.92 Å². The minimum absolute atomic E-state index is 0.00596. The van der Waals surface area contributed by atoms with Crippen molar-refractivity contribution in [3.63, 3.8) is 0 Å². The Morgan fingerprint density at radius 3 is 2.12 bits per heavy atom. The number of likely N-dealkylation sites (N-methyl/N-ethyl adjacent to an activating group) is 1. The maximum atomic E-state index is 15.0. The first kappa shape index (κ1) is 57.8. The van der Waals surface area contributed by atoms with Crippen molar-refractivity contribution in [2.75, 3.05) is 27.3 Å². The van der Waals surface area contributed by atoms with Gasteiger partial charge in [-0.15, -0.1) is 0 Å². The number of cyclic esters (lactones) is 1. The summed E-state index contributed by atoms with van der Waals surface area (Å²) in [6, 6.07) is -0.471. The molecule has 1 aromatic rings. The van der Waals surface area contributed by atoms with Crippen molar-refractivity contribution in [2.24, 2.45) is 28.3 Å². The second-order valence-corrected chi connectivity index (χ2v) is 18.9. The number of rotatable bonds is 18. The minimum atomic E-state index is -5.57. The van der Waals surface area contributed by atoms with Crippen LogP contribution in [0, 0.1) is 11.8 Å². The van der Waals surface area contributed by atoms with Crippen molar-refractivity contribution in [1.82, 2.24) is 31.1 Å². The molecule has 0 spiro atoms. The van der Waals surface area contributed by atoms with E-state index in [2.05, 4.69) is 34.6 Å². The number of hydrogen-bond donors (Lipinski definition) is 8. The van der Waals surface area contributed by atoms with Crippen LogP contribution < -0.4 is 32.7 Å². The largest absolute Gasteiger partial charge is 0.458 e. The van der Waals surface area contributed by atoms with E-state index in [1.54, 1.807) is 58.0 Å².